The number of hydrogen-bond donors (Lipinski definition) is 0. The number of ketones is 1. The van der Waals surface area contributed by atoms with Gasteiger partial charge in [0.1, 0.15) is 0 Å². The molecule has 82 valence electrons. The molecule has 1 aliphatic carbocycles. The van der Waals surface area contributed by atoms with Crippen molar-refractivity contribution in [2.75, 3.05) is 0 Å². The minimum absolute atomic E-state index is 0.0179. The predicted octanol–water partition coefficient (Wildman–Crippen LogP) is 3.08. The molecule has 0 radical (unpaired) electrons. The van der Waals surface area contributed by atoms with Gasteiger partial charge in [0.25, 0.3) is 0 Å². The monoisotopic (exact) mass is 213 g/mol. The number of nitrogens with zero attached hydrogens (tertiary/aromatic N) is 1. The van der Waals surface area contributed by atoms with Crippen molar-refractivity contribution in [2.24, 2.45) is 5.92 Å². The molecule has 1 aromatic carbocycles. The van der Waals surface area contributed by atoms with Crippen LogP contribution in [0.15, 0.2) is 24.3 Å². The van der Waals surface area contributed by atoms with E-state index in [1.165, 1.54) is 0 Å². The first-order chi connectivity index (χ1) is 7.60. The number of carbonyl (C=O) groups is 1. The van der Waals surface area contributed by atoms with Gasteiger partial charge in [0.05, 0.1) is 11.5 Å². The van der Waals surface area contributed by atoms with Gasteiger partial charge < -0.3 is 0 Å². The highest BCUT2D eigenvalue weighted by molar-refractivity contribution is 5.99. The second kappa shape index (κ2) is 3.75. The SMILES string of the molecule is CC(C)C(=O)c1ccccc1C1(C#N)CC1. The molecule has 1 aliphatic rings. The zero-order valence-corrected chi connectivity index (χ0v) is 9.66. The van der Waals surface area contributed by atoms with Crippen LogP contribution < -0.4 is 0 Å². The summed E-state index contributed by atoms with van der Waals surface area (Å²) in [4.78, 5) is 12.0. The van der Waals surface area contributed by atoms with Crippen molar-refractivity contribution >= 4 is 5.78 Å². The quantitative estimate of drug-likeness (QED) is 0.724. The Labute approximate surface area is 95.9 Å². The third-order valence-corrected chi connectivity index (χ3v) is 3.20. The Kier molecular flexibility index (Phi) is 2.55. The fraction of sp³-hybridized carbons (Fsp3) is 0.429. The lowest BCUT2D eigenvalue weighted by Crippen LogP contribution is -2.15. The van der Waals surface area contributed by atoms with E-state index in [1.807, 2.05) is 38.1 Å². The highest BCUT2D eigenvalue weighted by Gasteiger charge is 2.46. The van der Waals surface area contributed by atoms with E-state index in [9.17, 15) is 10.1 Å². The van der Waals surface area contributed by atoms with Crippen LogP contribution in [0.2, 0.25) is 0 Å². The Morgan fingerprint density at radius 3 is 2.50 bits per heavy atom. The topological polar surface area (TPSA) is 40.9 Å². The first-order valence-electron chi connectivity index (χ1n) is 5.66. The van der Waals surface area contributed by atoms with Gasteiger partial charge in [-0.05, 0) is 18.4 Å². The lowest BCUT2D eigenvalue weighted by Gasteiger charge is -2.13. The molecule has 1 aromatic rings. The van der Waals surface area contributed by atoms with Crippen LogP contribution in [0.4, 0.5) is 0 Å². The van der Waals surface area contributed by atoms with Crippen molar-refractivity contribution in [1.82, 2.24) is 0 Å². The molecule has 1 fully saturated rings. The van der Waals surface area contributed by atoms with Gasteiger partial charge in [0.15, 0.2) is 5.78 Å². The van der Waals surface area contributed by atoms with Gasteiger partial charge in [0, 0.05) is 11.5 Å². The summed E-state index contributed by atoms with van der Waals surface area (Å²) in [5.41, 5.74) is 1.29. The van der Waals surface area contributed by atoms with E-state index in [0.717, 1.165) is 24.0 Å². The van der Waals surface area contributed by atoms with Crippen LogP contribution in [0.25, 0.3) is 0 Å². The molecule has 2 heteroatoms. The minimum atomic E-state index is -0.374. The highest BCUT2D eigenvalue weighted by atomic mass is 16.1. The standard InChI is InChI=1S/C14H15NO/c1-10(2)13(16)11-5-3-4-6-12(11)14(9-15)7-8-14/h3-6,10H,7-8H2,1-2H3. The molecule has 0 spiro atoms. The number of benzene rings is 1. The molecule has 0 N–H and O–H groups in total. The molecule has 2 rings (SSSR count). The lowest BCUT2D eigenvalue weighted by molar-refractivity contribution is 0.0938. The van der Waals surface area contributed by atoms with Gasteiger partial charge in [-0.3, -0.25) is 4.79 Å². The summed E-state index contributed by atoms with van der Waals surface area (Å²) >= 11 is 0. The summed E-state index contributed by atoms with van der Waals surface area (Å²) in [5.74, 6) is 0.118. The molecule has 1 saturated carbocycles. The first-order valence-corrected chi connectivity index (χ1v) is 5.66. The zero-order valence-electron chi connectivity index (χ0n) is 9.66. The van der Waals surface area contributed by atoms with Crippen LogP contribution in [-0.2, 0) is 5.41 Å². The Hall–Kier alpha value is -1.62. The Morgan fingerprint density at radius 2 is 2.00 bits per heavy atom. The van der Waals surface area contributed by atoms with E-state index in [0.29, 0.717) is 0 Å². The second-order valence-corrected chi connectivity index (χ2v) is 4.76. The van der Waals surface area contributed by atoms with Crippen LogP contribution >= 0.6 is 0 Å². The zero-order chi connectivity index (χ0) is 11.8. The molecule has 0 bridgehead atoms. The third-order valence-electron chi connectivity index (χ3n) is 3.20. The molecule has 0 aliphatic heterocycles. The van der Waals surface area contributed by atoms with Crippen molar-refractivity contribution in [3.8, 4) is 6.07 Å². The number of hydrogen-bond acceptors (Lipinski definition) is 2. The van der Waals surface area contributed by atoms with Crippen LogP contribution in [0.3, 0.4) is 0 Å². The van der Waals surface area contributed by atoms with Crippen LogP contribution in [-0.4, -0.2) is 5.78 Å². The number of Topliss-reactive ketones (excluding diaryl/α,β-unsaturated/α-hetero) is 1. The van der Waals surface area contributed by atoms with Crippen molar-refractivity contribution in [2.45, 2.75) is 32.1 Å². The number of carbonyl (C=O) groups excluding carboxylic acids is 1. The van der Waals surface area contributed by atoms with Crippen LogP contribution in [0, 0.1) is 17.2 Å². The molecular weight excluding hydrogens is 198 g/mol. The maximum absolute atomic E-state index is 12.0. The normalized spacial score (nSPS) is 16.9. The van der Waals surface area contributed by atoms with Crippen molar-refractivity contribution in [1.29, 1.82) is 5.26 Å². The summed E-state index contributed by atoms with van der Waals surface area (Å²) in [6.45, 7) is 3.79. The molecule has 2 nitrogen and oxygen atoms in total. The van der Waals surface area contributed by atoms with E-state index in [1.54, 1.807) is 0 Å². The molecule has 0 unspecified atom stereocenters. The minimum Gasteiger partial charge on any atom is -0.294 e. The van der Waals surface area contributed by atoms with E-state index < -0.39 is 0 Å². The fourth-order valence-corrected chi connectivity index (χ4v) is 1.99. The molecular formula is C14H15NO. The van der Waals surface area contributed by atoms with Gasteiger partial charge in [0.2, 0.25) is 0 Å². The van der Waals surface area contributed by atoms with E-state index in [4.69, 9.17) is 0 Å². The summed E-state index contributed by atoms with van der Waals surface area (Å²) in [6.07, 6.45) is 1.76. The van der Waals surface area contributed by atoms with Crippen LogP contribution in [0.5, 0.6) is 0 Å². The van der Waals surface area contributed by atoms with Gasteiger partial charge in [-0.2, -0.15) is 5.26 Å². The first kappa shape index (κ1) is 10.9. The predicted molar refractivity (Wildman–Crippen MR) is 62.1 cm³/mol. The van der Waals surface area contributed by atoms with Gasteiger partial charge >= 0.3 is 0 Å². The van der Waals surface area contributed by atoms with Crippen molar-refractivity contribution < 1.29 is 4.79 Å². The molecule has 0 atom stereocenters. The maximum Gasteiger partial charge on any atom is 0.165 e. The average Bonchev–Trinajstić information content (AvgIpc) is 3.09. The van der Waals surface area contributed by atoms with Gasteiger partial charge in [-0.15, -0.1) is 0 Å². The number of rotatable bonds is 3. The second-order valence-electron chi connectivity index (χ2n) is 4.76. The summed E-state index contributed by atoms with van der Waals surface area (Å²) < 4.78 is 0. The fourth-order valence-electron chi connectivity index (χ4n) is 1.99. The molecule has 0 heterocycles. The van der Waals surface area contributed by atoms with Crippen LogP contribution in [0.1, 0.15) is 42.6 Å². The van der Waals surface area contributed by atoms with Gasteiger partial charge in [-0.1, -0.05) is 38.1 Å². The Balaban J connectivity index is 2.48. The molecule has 16 heavy (non-hydrogen) atoms. The summed E-state index contributed by atoms with van der Waals surface area (Å²) in [5, 5.41) is 9.19. The van der Waals surface area contributed by atoms with Crippen molar-refractivity contribution in [3.63, 3.8) is 0 Å². The number of nitriles is 1. The summed E-state index contributed by atoms with van der Waals surface area (Å²) in [6, 6.07) is 9.89. The maximum atomic E-state index is 12.0. The average molecular weight is 213 g/mol. The molecule has 0 amide bonds. The molecule has 0 saturated heterocycles. The van der Waals surface area contributed by atoms with Gasteiger partial charge in [-0.25, -0.2) is 0 Å². The Bertz CT molecular complexity index is 464. The van der Waals surface area contributed by atoms with E-state index in [2.05, 4.69) is 6.07 Å². The third kappa shape index (κ3) is 1.63. The van der Waals surface area contributed by atoms with E-state index in [-0.39, 0.29) is 17.1 Å². The summed E-state index contributed by atoms with van der Waals surface area (Å²) in [7, 11) is 0. The smallest absolute Gasteiger partial charge is 0.165 e. The lowest BCUT2D eigenvalue weighted by atomic mass is 9.88. The highest BCUT2D eigenvalue weighted by Crippen LogP contribution is 2.48. The Morgan fingerprint density at radius 1 is 1.38 bits per heavy atom. The largest absolute Gasteiger partial charge is 0.294 e. The van der Waals surface area contributed by atoms with E-state index >= 15 is 0 Å². The molecule has 0 aromatic heterocycles. The van der Waals surface area contributed by atoms with Crippen molar-refractivity contribution in [3.05, 3.63) is 35.4 Å².